The average molecular weight is 196 g/mol. The van der Waals surface area contributed by atoms with Gasteiger partial charge in [-0.3, -0.25) is 10.3 Å². The average Bonchev–Trinajstić information content (AvgIpc) is 3.11. The molecule has 1 aromatic heterocycles. The summed E-state index contributed by atoms with van der Waals surface area (Å²) in [7, 11) is 0. The van der Waals surface area contributed by atoms with Crippen LogP contribution in [0.5, 0.6) is 0 Å². The standard InChI is InChI=1S/C13H12N2/c1-2-6-10(7-3-1)12-13(15-12)11-8-4-5-9-14-11/h1-9,12-13,15H/t12-,13+/m0/s1. The quantitative estimate of drug-likeness (QED) is 0.749. The Morgan fingerprint density at radius 1 is 0.867 bits per heavy atom. The molecular formula is C13H12N2. The van der Waals surface area contributed by atoms with Gasteiger partial charge < -0.3 is 0 Å². The van der Waals surface area contributed by atoms with E-state index >= 15 is 0 Å². The fourth-order valence-electron chi connectivity index (χ4n) is 1.90. The molecule has 15 heavy (non-hydrogen) atoms. The summed E-state index contributed by atoms with van der Waals surface area (Å²) in [5.74, 6) is 0. The minimum atomic E-state index is 0.397. The highest BCUT2D eigenvalue weighted by atomic mass is 15.2. The van der Waals surface area contributed by atoms with Gasteiger partial charge in [-0.05, 0) is 17.7 Å². The highest BCUT2D eigenvalue weighted by Crippen LogP contribution is 2.40. The first-order chi connectivity index (χ1) is 7.45. The van der Waals surface area contributed by atoms with Crippen LogP contribution in [0.3, 0.4) is 0 Å². The van der Waals surface area contributed by atoms with Crippen molar-refractivity contribution in [2.75, 3.05) is 0 Å². The van der Waals surface area contributed by atoms with Crippen LogP contribution in [0, 0.1) is 0 Å². The van der Waals surface area contributed by atoms with E-state index in [4.69, 9.17) is 0 Å². The van der Waals surface area contributed by atoms with Crippen molar-refractivity contribution in [3.63, 3.8) is 0 Å². The molecule has 0 unspecified atom stereocenters. The third-order valence-corrected chi connectivity index (χ3v) is 2.75. The minimum absolute atomic E-state index is 0.397. The fourth-order valence-corrected chi connectivity index (χ4v) is 1.90. The highest BCUT2D eigenvalue weighted by Gasteiger charge is 2.39. The van der Waals surface area contributed by atoms with Crippen molar-refractivity contribution >= 4 is 0 Å². The Hall–Kier alpha value is -1.67. The molecule has 0 amide bonds. The lowest BCUT2D eigenvalue weighted by atomic mass is 10.1. The predicted molar refractivity (Wildman–Crippen MR) is 59.3 cm³/mol. The lowest BCUT2D eigenvalue weighted by Crippen LogP contribution is -1.87. The Balaban J connectivity index is 1.81. The van der Waals surface area contributed by atoms with E-state index in [1.54, 1.807) is 0 Å². The van der Waals surface area contributed by atoms with Crippen molar-refractivity contribution in [2.24, 2.45) is 0 Å². The maximum Gasteiger partial charge on any atom is 0.0698 e. The van der Waals surface area contributed by atoms with E-state index in [-0.39, 0.29) is 0 Å². The normalized spacial score (nSPS) is 23.7. The Morgan fingerprint density at radius 2 is 1.67 bits per heavy atom. The van der Waals surface area contributed by atoms with E-state index in [2.05, 4.69) is 40.6 Å². The Labute approximate surface area is 89.0 Å². The molecule has 0 bridgehead atoms. The zero-order valence-electron chi connectivity index (χ0n) is 8.30. The van der Waals surface area contributed by atoms with Crippen LogP contribution in [0.25, 0.3) is 0 Å². The molecule has 0 aliphatic carbocycles. The smallest absolute Gasteiger partial charge is 0.0698 e. The lowest BCUT2D eigenvalue weighted by molar-refractivity contribution is 0.962. The summed E-state index contributed by atoms with van der Waals surface area (Å²) in [6, 6.07) is 17.4. The number of nitrogens with one attached hydrogen (secondary N) is 1. The van der Waals surface area contributed by atoms with Gasteiger partial charge in [-0.2, -0.15) is 0 Å². The van der Waals surface area contributed by atoms with Crippen LogP contribution in [0.4, 0.5) is 0 Å². The first-order valence-electron chi connectivity index (χ1n) is 5.17. The molecule has 1 aromatic carbocycles. The van der Waals surface area contributed by atoms with E-state index in [1.807, 2.05) is 24.4 Å². The maximum atomic E-state index is 4.35. The molecule has 1 aliphatic heterocycles. The van der Waals surface area contributed by atoms with Crippen molar-refractivity contribution in [3.8, 4) is 0 Å². The molecule has 0 saturated carbocycles. The summed E-state index contributed by atoms with van der Waals surface area (Å²) in [4.78, 5) is 4.35. The van der Waals surface area contributed by atoms with E-state index in [1.165, 1.54) is 5.56 Å². The summed E-state index contributed by atoms with van der Waals surface area (Å²) in [6.45, 7) is 0. The molecule has 1 N–H and O–H groups in total. The van der Waals surface area contributed by atoms with Crippen molar-refractivity contribution in [3.05, 3.63) is 66.0 Å². The van der Waals surface area contributed by atoms with Gasteiger partial charge in [0.15, 0.2) is 0 Å². The monoisotopic (exact) mass is 196 g/mol. The molecule has 2 heteroatoms. The molecule has 0 radical (unpaired) electrons. The number of rotatable bonds is 2. The van der Waals surface area contributed by atoms with E-state index in [0.717, 1.165) is 5.69 Å². The number of nitrogens with zero attached hydrogens (tertiary/aromatic N) is 1. The molecule has 2 heterocycles. The van der Waals surface area contributed by atoms with Gasteiger partial charge in [0.25, 0.3) is 0 Å². The topological polar surface area (TPSA) is 34.8 Å². The van der Waals surface area contributed by atoms with Crippen molar-refractivity contribution in [2.45, 2.75) is 12.1 Å². The molecule has 2 nitrogen and oxygen atoms in total. The zero-order valence-corrected chi connectivity index (χ0v) is 8.30. The Kier molecular flexibility index (Phi) is 2.00. The first kappa shape index (κ1) is 8.62. The molecule has 1 saturated heterocycles. The zero-order chi connectivity index (χ0) is 10.1. The van der Waals surface area contributed by atoms with Crippen LogP contribution in [-0.2, 0) is 0 Å². The SMILES string of the molecule is c1ccc([C@@H]2N[C@@H]2c2ccccn2)cc1. The van der Waals surface area contributed by atoms with E-state index in [9.17, 15) is 0 Å². The predicted octanol–water partition coefficient (Wildman–Crippen LogP) is 2.47. The van der Waals surface area contributed by atoms with Gasteiger partial charge in [0.2, 0.25) is 0 Å². The maximum absolute atomic E-state index is 4.35. The van der Waals surface area contributed by atoms with Gasteiger partial charge in [0.1, 0.15) is 0 Å². The van der Waals surface area contributed by atoms with E-state index < -0.39 is 0 Å². The third-order valence-electron chi connectivity index (χ3n) is 2.75. The summed E-state index contributed by atoms with van der Waals surface area (Å²) >= 11 is 0. The van der Waals surface area contributed by atoms with Crippen molar-refractivity contribution in [1.29, 1.82) is 0 Å². The van der Waals surface area contributed by atoms with Crippen LogP contribution in [-0.4, -0.2) is 4.98 Å². The molecular weight excluding hydrogens is 184 g/mol. The molecule has 2 atom stereocenters. The molecule has 1 aliphatic rings. The second-order valence-electron chi connectivity index (χ2n) is 3.79. The van der Waals surface area contributed by atoms with Gasteiger partial charge in [0, 0.05) is 6.20 Å². The minimum Gasteiger partial charge on any atom is -0.298 e. The number of aromatic nitrogens is 1. The number of benzene rings is 1. The van der Waals surface area contributed by atoms with Crippen LogP contribution in [0.15, 0.2) is 54.7 Å². The van der Waals surface area contributed by atoms with Crippen molar-refractivity contribution in [1.82, 2.24) is 10.3 Å². The molecule has 2 aromatic rings. The van der Waals surface area contributed by atoms with E-state index in [0.29, 0.717) is 12.1 Å². The molecule has 3 rings (SSSR count). The van der Waals surface area contributed by atoms with Crippen molar-refractivity contribution < 1.29 is 0 Å². The van der Waals surface area contributed by atoms with Crippen LogP contribution >= 0.6 is 0 Å². The van der Waals surface area contributed by atoms with Gasteiger partial charge in [0.05, 0.1) is 17.8 Å². The Morgan fingerprint density at radius 3 is 2.40 bits per heavy atom. The highest BCUT2D eigenvalue weighted by molar-refractivity contribution is 5.30. The van der Waals surface area contributed by atoms with Gasteiger partial charge >= 0.3 is 0 Å². The van der Waals surface area contributed by atoms with Crippen LogP contribution < -0.4 is 5.32 Å². The second kappa shape index (κ2) is 3.48. The number of pyridine rings is 1. The Bertz CT molecular complexity index is 395. The molecule has 0 spiro atoms. The first-order valence-corrected chi connectivity index (χ1v) is 5.17. The molecule has 1 fully saturated rings. The van der Waals surface area contributed by atoms with Gasteiger partial charge in [-0.25, -0.2) is 0 Å². The summed E-state index contributed by atoms with van der Waals surface area (Å²) in [5.41, 5.74) is 2.47. The summed E-state index contributed by atoms with van der Waals surface area (Å²) in [6.07, 6.45) is 1.84. The third kappa shape index (κ3) is 1.64. The van der Waals surface area contributed by atoms with Crippen LogP contribution in [0.2, 0.25) is 0 Å². The second-order valence-corrected chi connectivity index (χ2v) is 3.79. The largest absolute Gasteiger partial charge is 0.298 e. The summed E-state index contributed by atoms with van der Waals surface area (Å²) < 4.78 is 0. The summed E-state index contributed by atoms with van der Waals surface area (Å²) in [5, 5.41) is 3.44. The van der Waals surface area contributed by atoms with Gasteiger partial charge in [-0.15, -0.1) is 0 Å². The number of hydrogen-bond donors (Lipinski definition) is 1. The molecule has 74 valence electrons. The number of hydrogen-bond acceptors (Lipinski definition) is 2. The fraction of sp³-hybridized carbons (Fsp3) is 0.154. The lowest BCUT2D eigenvalue weighted by Gasteiger charge is -1.97. The van der Waals surface area contributed by atoms with Crippen LogP contribution in [0.1, 0.15) is 23.3 Å². The van der Waals surface area contributed by atoms with Gasteiger partial charge in [-0.1, -0.05) is 36.4 Å².